The molecule has 0 aromatic heterocycles. The maximum atomic E-state index is 5.57. The lowest BCUT2D eigenvalue weighted by Gasteiger charge is -2.19. The van der Waals surface area contributed by atoms with Crippen LogP contribution in [0.5, 0.6) is 0 Å². The highest BCUT2D eigenvalue weighted by Gasteiger charge is 2.10. The van der Waals surface area contributed by atoms with Gasteiger partial charge >= 0.3 is 0 Å². The second-order valence-corrected chi connectivity index (χ2v) is 5.37. The molecular formula is C19H26IN3O. The Labute approximate surface area is 161 Å². The van der Waals surface area contributed by atoms with Crippen LogP contribution >= 0.6 is 24.0 Å². The van der Waals surface area contributed by atoms with Crippen molar-refractivity contribution in [3.63, 3.8) is 0 Å². The molecule has 0 heterocycles. The molecular weight excluding hydrogens is 413 g/mol. The van der Waals surface area contributed by atoms with E-state index in [2.05, 4.69) is 58.9 Å². The number of guanidine groups is 1. The summed E-state index contributed by atoms with van der Waals surface area (Å²) in [6.07, 6.45) is -0.00629. The van der Waals surface area contributed by atoms with Crippen LogP contribution < -0.4 is 10.6 Å². The molecule has 2 aromatic rings. The zero-order valence-corrected chi connectivity index (χ0v) is 16.8. The molecule has 5 heteroatoms. The van der Waals surface area contributed by atoms with E-state index in [0.29, 0.717) is 6.54 Å². The van der Waals surface area contributed by atoms with Crippen LogP contribution in [0, 0.1) is 6.92 Å². The highest BCUT2D eigenvalue weighted by molar-refractivity contribution is 14.0. The van der Waals surface area contributed by atoms with Crippen molar-refractivity contribution in [3.8, 4) is 0 Å². The first-order valence-corrected chi connectivity index (χ1v) is 7.81. The first-order chi connectivity index (χ1) is 11.2. The van der Waals surface area contributed by atoms with Gasteiger partial charge in [0.25, 0.3) is 0 Å². The first kappa shape index (κ1) is 20.4. The fourth-order valence-corrected chi connectivity index (χ4v) is 2.40. The largest absolute Gasteiger partial charge is 0.375 e. The molecule has 0 fully saturated rings. The lowest BCUT2D eigenvalue weighted by molar-refractivity contribution is 0.106. The average Bonchev–Trinajstić information content (AvgIpc) is 2.60. The Kier molecular flexibility index (Phi) is 9.41. The van der Waals surface area contributed by atoms with Crippen molar-refractivity contribution in [2.24, 2.45) is 4.99 Å². The van der Waals surface area contributed by atoms with E-state index in [1.165, 1.54) is 11.1 Å². The summed E-state index contributed by atoms with van der Waals surface area (Å²) < 4.78 is 5.57. The molecule has 0 saturated heterocycles. The van der Waals surface area contributed by atoms with Gasteiger partial charge in [0.2, 0.25) is 0 Å². The number of methoxy groups -OCH3 is 1. The molecule has 0 aliphatic carbocycles. The van der Waals surface area contributed by atoms with Crippen LogP contribution in [0.15, 0.2) is 59.6 Å². The first-order valence-electron chi connectivity index (χ1n) is 7.81. The second kappa shape index (κ2) is 11.0. The predicted octanol–water partition coefficient (Wildman–Crippen LogP) is 3.67. The van der Waals surface area contributed by atoms with Crippen molar-refractivity contribution in [2.45, 2.75) is 19.6 Å². The van der Waals surface area contributed by atoms with Gasteiger partial charge in [-0.3, -0.25) is 4.99 Å². The van der Waals surface area contributed by atoms with Crippen LogP contribution in [0.25, 0.3) is 0 Å². The van der Waals surface area contributed by atoms with Crippen LogP contribution in [0.3, 0.4) is 0 Å². The third-order valence-corrected chi connectivity index (χ3v) is 3.84. The van der Waals surface area contributed by atoms with Crippen LogP contribution in [-0.4, -0.2) is 26.7 Å². The Bertz CT molecular complexity index is 632. The molecule has 0 amide bonds. The predicted molar refractivity (Wildman–Crippen MR) is 111 cm³/mol. The molecule has 1 atom stereocenters. The van der Waals surface area contributed by atoms with Crippen LogP contribution in [0.4, 0.5) is 0 Å². The number of halogens is 1. The van der Waals surface area contributed by atoms with Gasteiger partial charge in [-0.2, -0.15) is 0 Å². The molecule has 0 spiro atoms. The number of hydrogen-bond acceptors (Lipinski definition) is 2. The van der Waals surface area contributed by atoms with Gasteiger partial charge in [0, 0.05) is 27.2 Å². The number of aliphatic imine (C=N–C) groups is 1. The van der Waals surface area contributed by atoms with Crippen LogP contribution in [-0.2, 0) is 11.3 Å². The molecule has 0 aliphatic heterocycles. The quantitative estimate of drug-likeness (QED) is 0.410. The van der Waals surface area contributed by atoms with E-state index < -0.39 is 0 Å². The lowest BCUT2D eigenvalue weighted by Crippen LogP contribution is -2.39. The topological polar surface area (TPSA) is 45.7 Å². The Morgan fingerprint density at radius 1 is 1.04 bits per heavy atom. The van der Waals surface area contributed by atoms with Crippen molar-refractivity contribution in [1.29, 1.82) is 0 Å². The van der Waals surface area contributed by atoms with Gasteiger partial charge in [0.1, 0.15) is 0 Å². The number of aryl methyl sites for hydroxylation is 1. The normalized spacial score (nSPS) is 12.2. The Morgan fingerprint density at radius 2 is 1.71 bits per heavy atom. The summed E-state index contributed by atoms with van der Waals surface area (Å²) in [5.41, 5.74) is 3.69. The summed E-state index contributed by atoms with van der Waals surface area (Å²) in [6, 6.07) is 18.5. The third-order valence-electron chi connectivity index (χ3n) is 3.84. The number of hydrogen-bond donors (Lipinski definition) is 2. The van der Waals surface area contributed by atoms with Gasteiger partial charge < -0.3 is 15.4 Å². The van der Waals surface area contributed by atoms with E-state index in [1.54, 1.807) is 14.2 Å². The summed E-state index contributed by atoms with van der Waals surface area (Å²) in [5, 5.41) is 6.66. The van der Waals surface area contributed by atoms with E-state index in [0.717, 1.165) is 18.1 Å². The molecule has 0 saturated carbocycles. The van der Waals surface area contributed by atoms with E-state index >= 15 is 0 Å². The fraction of sp³-hybridized carbons (Fsp3) is 0.316. The van der Waals surface area contributed by atoms with Crippen molar-refractivity contribution >= 4 is 29.9 Å². The molecule has 4 nitrogen and oxygen atoms in total. The third kappa shape index (κ3) is 6.13. The average molecular weight is 439 g/mol. The van der Waals surface area contributed by atoms with Crippen molar-refractivity contribution in [2.75, 3.05) is 20.7 Å². The SMILES string of the molecule is CN=C(NCc1ccccc1C)NCC(OC)c1ccccc1.I. The van der Waals surface area contributed by atoms with E-state index in [-0.39, 0.29) is 30.1 Å². The van der Waals surface area contributed by atoms with Crippen LogP contribution in [0.2, 0.25) is 0 Å². The minimum atomic E-state index is -0.00629. The molecule has 2 N–H and O–H groups in total. The summed E-state index contributed by atoms with van der Waals surface area (Å²) >= 11 is 0. The summed E-state index contributed by atoms with van der Waals surface area (Å²) in [7, 11) is 3.50. The Hall–Kier alpha value is -1.60. The summed E-state index contributed by atoms with van der Waals surface area (Å²) in [5.74, 6) is 0.770. The molecule has 2 rings (SSSR count). The minimum absolute atomic E-state index is 0. The number of benzene rings is 2. The molecule has 130 valence electrons. The number of nitrogens with zero attached hydrogens (tertiary/aromatic N) is 1. The zero-order valence-electron chi connectivity index (χ0n) is 14.5. The van der Waals surface area contributed by atoms with E-state index in [9.17, 15) is 0 Å². The summed E-state index contributed by atoms with van der Waals surface area (Å²) in [6.45, 7) is 3.52. The Morgan fingerprint density at radius 3 is 2.33 bits per heavy atom. The zero-order chi connectivity index (χ0) is 16.5. The Balaban J connectivity index is 0.00000288. The molecule has 0 radical (unpaired) electrons. The summed E-state index contributed by atoms with van der Waals surface area (Å²) in [4.78, 5) is 4.27. The monoisotopic (exact) mass is 439 g/mol. The van der Waals surface area contributed by atoms with Gasteiger partial charge in [0.15, 0.2) is 5.96 Å². The van der Waals surface area contributed by atoms with E-state index in [1.807, 2.05) is 18.2 Å². The standard InChI is InChI=1S/C19H25N3O.HI/c1-15-9-7-8-12-17(15)13-21-19(20-2)22-14-18(23-3)16-10-5-4-6-11-16;/h4-12,18H,13-14H2,1-3H3,(H2,20,21,22);1H. The van der Waals surface area contributed by atoms with Gasteiger partial charge in [-0.15, -0.1) is 24.0 Å². The molecule has 2 aromatic carbocycles. The maximum Gasteiger partial charge on any atom is 0.191 e. The number of ether oxygens (including phenoxy) is 1. The molecule has 0 aliphatic rings. The highest BCUT2D eigenvalue weighted by Crippen LogP contribution is 2.14. The second-order valence-electron chi connectivity index (χ2n) is 5.37. The lowest BCUT2D eigenvalue weighted by atomic mass is 10.1. The molecule has 1 unspecified atom stereocenters. The molecule has 0 bridgehead atoms. The smallest absolute Gasteiger partial charge is 0.191 e. The van der Waals surface area contributed by atoms with Gasteiger partial charge in [-0.25, -0.2) is 0 Å². The van der Waals surface area contributed by atoms with Crippen molar-refractivity contribution < 1.29 is 4.74 Å². The van der Waals surface area contributed by atoms with Crippen LogP contribution in [0.1, 0.15) is 22.8 Å². The number of rotatable bonds is 6. The van der Waals surface area contributed by atoms with Crippen molar-refractivity contribution in [1.82, 2.24) is 10.6 Å². The maximum absolute atomic E-state index is 5.57. The van der Waals surface area contributed by atoms with Crippen molar-refractivity contribution in [3.05, 3.63) is 71.3 Å². The fourth-order valence-electron chi connectivity index (χ4n) is 2.40. The van der Waals surface area contributed by atoms with E-state index in [4.69, 9.17) is 4.74 Å². The van der Waals surface area contributed by atoms with Gasteiger partial charge in [-0.1, -0.05) is 54.6 Å². The van der Waals surface area contributed by atoms with Gasteiger partial charge in [-0.05, 0) is 23.6 Å². The van der Waals surface area contributed by atoms with Gasteiger partial charge in [0.05, 0.1) is 6.10 Å². The minimum Gasteiger partial charge on any atom is -0.375 e. The number of nitrogens with one attached hydrogen (secondary N) is 2. The highest BCUT2D eigenvalue weighted by atomic mass is 127. The molecule has 24 heavy (non-hydrogen) atoms.